The van der Waals surface area contributed by atoms with E-state index in [1.807, 2.05) is 0 Å². The summed E-state index contributed by atoms with van der Waals surface area (Å²) in [4.78, 5) is 11.4. The van der Waals surface area contributed by atoms with Crippen molar-refractivity contribution in [2.24, 2.45) is 5.73 Å². The molecule has 2 nitrogen and oxygen atoms in total. The number of Topliss-reactive ketones (excluding diaryl/α,β-unsaturated/α-hetero) is 1. The zero-order chi connectivity index (χ0) is 14.8. The number of carbonyl (C=O) groups excluding carboxylic acids is 1. The van der Waals surface area contributed by atoms with Crippen LogP contribution in [0.4, 0.5) is 13.2 Å². The number of hydrogen-bond donors (Lipinski definition) is 1. The van der Waals surface area contributed by atoms with Gasteiger partial charge < -0.3 is 5.73 Å². The molecule has 0 aliphatic carbocycles. The van der Waals surface area contributed by atoms with Gasteiger partial charge >= 0.3 is 6.18 Å². The Morgan fingerprint density at radius 2 is 1.35 bits per heavy atom. The Hall–Kier alpha value is -2.14. The van der Waals surface area contributed by atoms with E-state index >= 15 is 0 Å². The van der Waals surface area contributed by atoms with Crippen molar-refractivity contribution in [1.29, 1.82) is 0 Å². The SMILES string of the molecule is NCC(=O)c1ccc(-c2ccc(C(F)(F)F)cc2)cc1. The van der Waals surface area contributed by atoms with Crippen molar-refractivity contribution in [2.45, 2.75) is 6.18 Å². The third-order valence-corrected chi connectivity index (χ3v) is 2.94. The Morgan fingerprint density at radius 3 is 1.75 bits per heavy atom. The fraction of sp³-hybridized carbons (Fsp3) is 0.133. The Balaban J connectivity index is 2.26. The van der Waals surface area contributed by atoms with Gasteiger partial charge in [-0.3, -0.25) is 4.79 Å². The topological polar surface area (TPSA) is 43.1 Å². The smallest absolute Gasteiger partial charge is 0.324 e. The first-order valence-corrected chi connectivity index (χ1v) is 5.93. The van der Waals surface area contributed by atoms with Gasteiger partial charge in [0.05, 0.1) is 12.1 Å². The van der Waals surface area contributed by atoms with Crippen LogP contribution in [-0.2, 0) is 6.18 Å². The minimum absolute atomic E-state index is 0.0698. The lowest BCUT2D eigenvalue weighted by molar-refractivity contribution is -0.137. The van der Waals surface area contributed by atoms with Crippen molar-refractivity contribution in [3.05, 3.63) is 59.7 Å². The van der Waals surface area contributed by atoms with Crippen LogP contribution in [0.3, 0.4) is 0 Å². The van der Waals surface area contributed by atoms with Gasteiger partial charge in [-0.1, -0.05) is 36.4 Å². The molecule has 0 aromatic heterocycles. The average molecular weight is 279 g/mol. The number of benzene rings is 2. The van der Waals surface area contributed by atoms with Crippen LogP contribution in [0, 0.1) is 0 Å². The molecule has 20 heavy (non-hydrogen) atoms. The van der Waals surface area contributed by atoms with Gasteiger partial charge in [-0.2, -0.15) is 13.2 Å². The van der Waals surface area contributed by atoms with Crippen LogP contribution < -0.4 is 5.73 Å². The Labute approximate surface area is 114 Å². The van der Waals surface area contributed by atoms with E-state index in [1.165, 1.54) is 12.1 Å². The third kappa shape index (κ3) is 3.05. The fourth-order valence-electron chi connectivity index (χ4n) is 1.82. The molecule has 0 radical (unpaired) electrons. The number of rotatable bonds is 3. The van der Waals surface area contributed by atoms with E-state index in [1.54, 1.807) is 24.3 Å². The van der Waals surface area contributed by atoms with Crippen LogP contribution in [0.15, 0.2) is 48.5 Å². The number of halogens is 3. The second-order valence-electron chi connectivity index (χ2n) is 4.28. The summed E-state index contributed by atoms with van der Waals surface area (Å²) in [5.74, 6) is -0.177. The summed E-state index contributed by atoms with van der Waals surface area (Å²) >= 11 is 0. The van der Waals surface area contributed by atoms with Crippen LogP contribution in [0.5, 0.6) is 0 Å². The van der Waals surface area contributed by atoms with Crippen molar-refractivity contribution in [1.82, 2.24) is 0 Å². The molecule has 2 aromatic rings. The summed E-state index contributed by atoms with van der Waals surface area (Å²) in [6.07, 6.45) is -4.34. The maximum Gasteiger partial charge on any atom is 0.416 e. The summed E-state index contributed by atoms with van der Waals surface area (Å²) in [5, 5.41) is 0. The minimum Gasteiger partial charge on any atom is -0.324 e. The van der Waals surface area contributed by atoms with Gasteiger partial charge in [0.25, 0.3) is 0 Å². The van der Waals surface area contributed by atoms with Gasteiger partial charge in [-0.05, 0) is 23.3 Å². The van der Waals surface area contributed by atoms with E-state index in [2.05, 4.69) is 0 Å². The van der Waals surface area contributed by atoms with Crippen molar-refractivity contribution >= 4 is 5.78 Å². The highest BCUT2D eigenvalue weighted by Crippen LogP contribution is 2.30. The maximum atomic E-state index is 12.5. The van der Waals surface area contributed by atoms with E-state index in [0.717, 1.165) is 17.7 Å². The quantitative estimate of drug-likeness (QED) is 0.874. The van der Waals surface area contributed by atoms with Gasteiger partial charge in [0.2, 0.25) is 0 Å². The Bertz CT molecular complexity index is 601. The Kier molecular flexibility index (Phi) is 3.90. The van der Waals surface area contributed by atoms with Crippen molar-refractivity contribution in [3.63, 3.8) is 0 Å². The maximum absolute atomic E-state index is 12.5. The molecule has 0 saturated heterocycles. The van der Waals surface area contributed by atoms with Crippen LogP contribution in [0.2, 0.25) is 0 Å². The van der Waals surface area contributed by atoms with Gasteiger partial charge in [-0.15, -0.1) is 0 Å². The normalized spacial score (nSPS) is 11.4. The minimum atomic E-state index is -4.34. The number of nitrogens with two attached hydrogens (primary N) is 1. The number of hydrogen-bond acceptors (Lipinski definition) is 2. The lowest BCUT2D eigenvalue weighted by Gasteiger charge is -2.08. The van der Waals surface area contributed by atoms with E-state index in [9.17, 15) is 18.0 Å². The standard InChI is InChI=1S/C15H12F3NO/c16-15(17,18)13-7-5-11(6-8-13)10-1-3-12(4-2-10)14(20)9-19/h1-8H,9,19H2. The van der Waals surface area contributed by atoms with E-state index in [0.29, 0.717) is 11.1 Å². The summed E-state index contributed by atoms with van der Waals surface area (Å²) in [6.45, 7) is -0.0698. The van der Waals surface area contributed by atoms with Crippen LogP contribution >= 0.6 is 0 Å². The molecule has 0 unspecified atom stereocenters. The molecule has 0 fully saturated rings. The molecule has 0 heterocycles. The number of ketones is 1. The highest BCUT2D eigenvalue weighted by atomic mass is 19.4. The summed E-state index contributed by atoms with van der Waals surface area (Å²) in [5.41, 5.74) is 6.46. The summed E-state index contributed by atoms with van der Waals surface area (Å²) in [6, 6.07) is 11.5. The lowest BCUT2D eigenvalue weighted by atomic mass is 10.0. The van der Waals surface area contributed by atoms with Crippen LogP contribution in [0.1, 0.15) is 15.9 Å². The molecular formula is C15H12F3NO. The average Bonchev–Trinajstić information content (AvgIpc) is 2.46. The van der Waals surface area contributed by atoms with Crippen LogP contribution in [-0.4, -0.2) is 12.3 Å². The molecule has 0 aliphatic heterocycles. The number of alkyl halides is 3. The predicted molar refractivity (Wildman–Crippen MR) is 70.3 cm³/mol. The first-order valence-electron chi connectivity index (χ1n) is 5.93. The molecule has 2 N–H and O–H groups in total. The highest BCUT2D eigenvalue weighted by Gasteiger charge is 2.29. The first-order chi connectivity index (χ1) is 9.41. The first kappa shape index (κ1) is 14.3. The molecule has 2 aromatic carbocycles. The molecule has 104 valence electrons. The van der Waals surface area contributed by atoms with Crippen molar-refractivity contribution < 1.29 is 18.0 Å². The summed E-state index contributed by atoms with van der Waals surface area (Å²) in [7, 11) is 0. The molecular weight excluding hydrogens is 267 g/mol. The Morgan fingerprint density at radius 1 is 0.900 bits per heavy atom. The zero-order valence-electron chi connectivity index (χ0n) is 10.4. The van der Waals surface area contributed by atoms with E-state index in [-0.39, 0.29) is 12.3 Å². The molecule has 0 aliphatic rings. The third-order valence-electron chi connectivity index (χ3n) is 2.94. The van der Waals surface area contributed by atoms with Gasteiger partial charge in [0.1, 0.15) is 0 Å². The molecule has 0 spiro atoms. The molecule has 0 saturated carbocycles. The van der Waals surface area contributed by atoms with Crippen molar-refractivity contribution in [3.8, 4) is 11.1 Å². The largest absolute Gasteiger partial charge is 0.416 e. The second-order valence-corrected chi connectivity index (χ2v) is 4.28. The van der Waals surface area contributed by atoms with Crippen molar-refractivity contribution in [2.75, 3.05) is 6.54 Å². The van der Waals surface area contributed by atoms with E-state index in [4.69, 9.17) is 5.73 Å². The lowest BCUT2D eigenvalue weighted by Crippen LogP contribution is -2.13. The second kappa shape index (κ2) is 5.46. The zero-order valence-corrected chi connectivity index (χ0v) is 10.4. The van der Waals surface area contributed by atoms with E-state index < -0.39 is 11.7 Å². The number of carbonyl (C=O) groups is 1. The molecule has 0 amide bonds. The molecule has 5 heteroatoms. The van der Waals surface area contributed by atoms with Crippen LogP contribution in [0.25, 0.3) is 11.1 Å². The predicted octanol–water partition coefficient (Wildman–Crippen LogP) is 3.51. The summed E-state index contributed by atoms with van der Waals surface area (Å²) < 4.78 is 37.4. The fourth-order valence-corrected chi connectivity index (χ4v) is 1.82. The monoisotopic (exact) mass is 279 g/mol. The molecule has 0 atom stereocenters. The van der Waals surface area contributed by atoms with Gasteiger partial charge in [0.15, 0.2) is 5.78 Å². The van der Waals surface area contributed by atoms with Gasteiger partial charge in [0, 0.05) is 5.56 Å². The van der Waals surface area contributed by atoms with Gasteiger partial charge in [-0.25, -0.2) is 0 Å². The molecule has 2 rings (SSSR count). The molecule has 0 bridgehead atoms. The highest BCUT2D eigenvalue weighted by molar-refractivity contribution is 5.97.